The first-order valence-corrected chi connectivity index (χ1v) is 8.36. The number of aliphatic carboxylic acids is 1. The van der Waals surface area contributed by atoms with Gasteiger partial charge in [0.25, 0.3) is 0 Å². The molecule has 0 amide bonds. The van der Waals surface area contributed by atoms with Crippen molar-refractivity contribution in [2.24, 2.45) is 5.41 Å². The summed E-state index contributed by atoms with van der Waals surface area (Å²) in [7, 11) is 0. The van der Waals surface area contributed by atoms with Crippen LogP contribution < -0.4 is 0 Å². The van der Waals surface area contributed by atoms with Crippen molar-refractivity contribution in [2.75, 3.05) is 5.75 Å². The van der Waals surface area contributed by atoms with Crippen molar-refractivity contribution in [1.82, 2.24) is 9.55 Å². The molecule has 4 nitrogen and oxygen atoms in total. The van der Waals surface area contributed by atoms with Crippen LogP contribution in [0, 0.1) is 5.41 Å². The minimum atomic E-state index is -0.787. The number of imidazole rings is 1. The smallest absolute Gasteiger partial charge is 0.313 e. The fourth-order valence-electron chi connectivity index (χ4n) is 2.76. The summed E-state index contributed by atoms with van der Waals surface area (Å²) >= 11 is 1.33. The lowest BCUT2D eigenvalue weighted by Crippen LogP contribution is -2.16. The van der Waals surface area contributed by atoms with Crippen LogP contribution in [0.3, 0.4) is 0 Å². The summed E-state index contributed by atoms with van der Waals surface area (Å²) in [4.78, 5) is 15.2. The molecule has 1 fully saturated rings. The highest BCUT2D eigenvalue weighted by Crippen LogP contribution is 2.51. The highest BCUT2D eigenvalue weighted by atomic mass is 32.2. The molecule has 1 N–H and O–H groups in total. The highest BCUT2D eigenvalue weighted by molar-refractivity contribution is 7.99. The lowest BCUT2D eigenvalue weighted by Gasteiger charge is -2.20. The molecule has 20 heavy (non-hydrogen) atoms. The number of aromatic nitrogens is 2. The van der Waals surface area contributed by atoms with Crippen LogP contribution in [0.2, 0.25) is 0 Å². The molecule has 112 valence electrons. The molecule has 2 rings (SSSR count). The van der Waals surface area contributed by atoms with Gasteiger partial charge in [0.15, 0.2) is 5.16 Å². The van der Waals surface area contributed by atoms with E-state index in [1.807, 2.05) is 6.20 Å². The molecule has 1 aromatic heterocycles. The summed E-state index contributed by atoms with van der Waals surface area (Å²) in [6.07, 6.45) is 6.96. The zero-order valence-corrected chi connectivity index (χ0v) is 13.4. The van der Waals surface area contributed by atoms with Gasteiger partial charge in [0.1, 0.15) is 0 Å². The molecule has 0 saturated heterocycles. The first kappa shape index (κ1) is 15.4. The molecule has 5 heteroatoms. The van der Waals surface area contributed by atoms with Crippen LogP contribution in [0.1, 0.15) is 58.1 Å². The van der Waals surface area contributed by atoms with E-state index in [1.165, 1.54) is 43.1 Å². The number of nitrogens with zero attached hydrogens (tertiary/aromatic N) is 2. The van der Waals surface area contributed by atoms with Crippen molar-refractivity contribution >= 4 is 17.7 Å². The van der Waals surface area contributed by atoms with E-state index < -0.39 is 5.97 Å². The van der Waals surface area contributed by atoms with Crippen LogP contribution in [0.4, 0.5) is 0 Å². The third kappa shape index (κ3) is 3.57. The molecule has 0 spiro atoms. The van der Waals surface area contributed by atoms with Crippen molar-refractivity contribution in [3.63, 3.8) is 0 Å². The van der Waals surface area contributed by atoms with Gasteiger partial charge < -0.3 is 9.67 Å². The summed E-state index contributed by atoms with van der Waals surface area (Å²) in [5, 5.41) is 9.71. The molecule has 0 aliphatic heterocycles. The fourth-order valence-corrected chi connectivity index (χ4v) is 3.47. The summed E-state index contributed by atoms with van der Waals surface area (Å²) in [6, 6.07) is 0. The Balaban J connectivity index is 2.18. The second-order valence-electron chi connectivity index (χ2n) is 6.14. The van der Waals surface area contributed by atoms with Crippen molar-refractivity contribution in [1.29, 1.82) is 0 Å². The lowest BCUT2D eigenvalue weighted by atomic mass is 10.0. The number of hydrogen-bond acceptors (Lipinski definition) is 3. The van der Waals surface area contributed by atoms with Gasteiger partial charge in [-0.15, -0.1) is 0 Å². The molecule has 1 saturated carbocycles. The van der Waals surface area contributed by atoms with Crippen molar-refractivity contribution in [3.05, 3.63) is 11.9 Å². The van der Waals surface area contributed by atoms with E-state index in [1.54, 1.807) is 0 Å². The Morgan fingerprint density at radius 2 is 2.25 bits per heavy atom. The van der Waals surface area contributed by atoms with Gasteiger partial charge in [-0.05, 0) is 30.6 Å². The Labute approximate surface area is 125 Å². The highest BCUT2D eigenvalue weighted by Gasteiger charge is 2.42. The van der Waals surface area contributed by atoms with Crippen LogP contribution in [-0.2, 0) is 11.3 Å². The van der Waals surface area contributed by atoms with Gasteiger partial charge in [0, 0.05) is 18.4 Å². The van der Waals surface area contributed by atoms with Crippen LogP contribution in [-0.4, -0.2) is 26.4 Å². The monoisotopic (exact) mass is 296 g/mol. The van der Waals surface area contributed by atoms with Crippen molar-refractivity contribution in [3.8, 4) is 0 Å². The van der Waals surface area contributed by atoms with Crippen LogP contribution in [0.15, 0.2) is 11.4 Å². The van der Waals surface area contributed by atoms with Gasteiger partial charge >= 0.3 is 5.97 Å². The van der Waals surface area contributed by atoms with Gasteiger partial charge in [-0.2, -0.15) is 0 Å². The van der Waals surface area contributed by atoms with E-state index in [0.717, 1.165) is 11.7 Å². The maximum atomic E-state index is 10.8. The summed E-state index contributed by atoms with van der Waals surface area (Å²) in [5.41, 5.74) is 1.66. The summed E-state index contributed by atoms with van der Waals surface area (Å²) < 4.78 is 2.26. The second kappa shape index (κ2) is 6.20. The largest absolute Gasteiger partial charge is 0.481 e. The standard InChI is InChI=1S/C15H24N2O2S/c1-4-5-15(6-7-15)10-17-12(11(2)3)8-16-14(17)20-9-13(18)19/h8,11H,4-7,9-10H2,1-3H3,(H,18,19). The minimum absolute atomic E-state index is 0.0787. The third-order valence-corrected chi connectivity index (χ3v) is 4.97. The van der Waals surface area contributed by atoms with Gasteiger partial charge in [0.2, 0.25) is 0 Å². The maximum absolute atomic E-state index is 10.8. The van der Waals surface area contributed by atoms with Crippen LogP contribution >= 0.6 is 11.8 Å². The van der Waals surface area contributed by atoms with E-state index >= 15 is 0 Å². The Morgan fingerprint density at radius 1 is 1.55 bits per heavy atom. The SMILES string of the molecule is CCCC1(Cn2c(C(C)C)cnc2SCC(=O)O)CC1. The number of carboxylic acids is 1. The summed E-state index contributed by atoms with van der Waals surface area (Å²) in [5.74, 6) is -0.292. The first-order chi connectivity index (χ1) is 9.47. The topological polar surface area (TPSA) is 55.1 Å². The zero-order valence-electron chi connectivity index (χ0n) is 12.6. The van der Waals surface area contributed by atoms with E-state index in [2.05, 4.69) is 30.3 Å². The zero-order chi connectivity index (χ0) is 14.8. The molecule has 0 atom stereocenters. The normalized spacial score (nSPS) is 16.6. The van der Waals surface area contributed by atoms with Gasteiger partial charge in [-0.1, -0.05) is 39.0 Å². The quantitative estimate of drug-likeness (QED) is 0.742. The Morgan fingerprint density at radius 3 is 2.75 bits per heavy atom. The Bertz CT molecular complexity index is 478. The average Bonchev–Trinajstić information content (AvgIpc) is 3.00. The Kier molecular flexibility index (Phi) is 4.78. The van der Waals surface area contributed by atoms with Crippen molar-refractivity contribution < 1.29 is 9.90 Å². The number of carbonyl (C=O) groups is 1. The molecule has 1 aromatic rings. The van der Waals surface area contributed by atoms with Gasteiger partial charge in [-0.25, -0.2) is 4.98 Å². The number of hydrogen-bond donors (Lipinski definition) is 1. The van der Waals surface area contributed by atoms with E-state index in [4.69, 9.17) is 5.11 Å². The average molecular weight is 296 g/mol. The Hall–Kier alpha value is -0.970. The van der Waals surface area contributed by atoms with E-state index in [0.29, 0.717) is 11.3 Å². The number of carboxylic acid groups (broad SMARTS) is 1. The molecule has 1 heterocycles. The maximum Gasteiger partial charge on any atom is 0.313 e. The predicted molar refractivity (Wildman–Crippen MR) is 81.3 cm³/mol. The predicted octanol–water partition coefficient (Wildman–Crippen LogP) is 3.76. The minimum Gasteiger partial charge on any atom is -0.481 e. The van der Waals surface area contributed by atoms with Crippen LogP contribution in [0.25, 0.3) is 0 Å². The molecule has 0 radical (unpaired) electrons. The van der Waals surface area contributed by atoms with Crippen molar-refractivity contribution in [2.45, 2.75) is 64.1 Å². The third-order valence-electron chi connectivity index (χ3n) is 4.00. The molecule has 0 bridgehead atoms. The molecular weight excluding hydrogens is 272 g/mol. The van der Waals surface area contributed by atoms with Gasteiger partial charge in [-0.3, -0.25) is 4.79 Å². The van der Waals surface area contributed by atoms with Gasteiger partial charge in [0.05, 0.1) is 5.75 Å². The number of rotatable bonds is 8. The molecule has 1 aliphatic carbocycles. The lowest BCUT2D eigenvalue weighted by molar-refractivity contribution is -0.133. The molecular formula is C15H24N2O2S. The van der Waals surface area contributed by atoms with Crippen LogP contribution in [0.5, 0.6) is 0 Å². The number of thioether (sulfide) groups is 1. The fraction of sp³-hybridized carbons (Fsp3) is 0.733. The van der Waals surface area contributed by atoms with E-state index in [-0.39, 0.29) is 5.75 Å². The first-order valence-electron chi connectivity index (χ1n) is 7.37. The summed E-state index contributed by atoms with van der Waals surface area (Å²) in [6.45, 7) is 7.56. The second-order valence-corrected chi connectivity index (χ2v) is 7.08. The molecule has 0 aromatic carbocycles. The molecule has 0 unspecified atom stereocenters. The van der Waals surface area contributed by atoms with E-state index in [9.17, 15) is 4.79 Å². The molecule has 1 aliphatic rings.